The van der Waals surface area contributed by atoms with Gasteiger partial charge >= 0.3 is 0 Å². The number of aryl methyl sites for hydroxylation is 1. The maximum atomic E-state index is 11.9. The van der Waals surface area contributed by atoms with Crippen molar-refractivity contribution in [3.63, 3.8) is 0 Å². The van der Waals surface area contributed by atoms with Gasteiger partial charge in [-0.3, -0.25) is 14.9 Å². The predicted octanol–water partition coefficient (Wildman–Crippen LogP) is 2.39. The van der Waals surface area contributed by atoms with E-state index in [0.717, 1.165) is 30.0 Å². The molecule has 0 unspecified atom stereocenters. The second-order valence-corrected chi connectivity index (χ2v) is 5.07. The molecule has 2 rings (SSSR count). The van der Waals surface area contributed by atoms with Gasteiger partial charge in [-0.25, -0.2) is 5.43 Å². The van der Waals surface area contributed by atoms with Crippen LogP contribution in [0.15, 0.2) is 41.5 Å². The Morgan fingerprint density at radius 2 is 2.04 bits per heavy atom. The number of halogens is 1. The highest BCUT2D eigenvalue weighted by atomic mass is 35.5. The van der Waals surface area contributed by atoms with E-state index in [9.17, 15) is 20.0 Å². The van der Waals surface area contributed by atoms with Crippen LogP contribution in [0.25, 0.3) is 0 Å². The summed E-state index contributed by atoms with van der Waals surface area (Å²) in [6, 6.07) is 8.13. The topological polar surface area (TPSA) is 108 Å². The molecule has 0 aliphatic carbocycles. The molecule has 0 radical (unpaired) electrons. The Labute approximate surface area is 136 Å². The maximum absolute atomic E-state index is 11.9. The number of benzene rings is 2. The summed E-state index contributed by atoms with van der Waals surface area (Å²) < 4.78 is 0. The Kier molecular flexibility index (Phi) is 4.92. The fourth-order valence-corrected chi connectivity index (χ4v) is 2.15. The lowest BCUT2D eigenvalue weighted by Crippen LogP contribution is -2.18. The molecule has 0 spiro atoms. The number of nitrogens with one attached hydrogen (secondary N) is 1. The van der Waals surface area contributed by atoms with Crippen molar-refractivity contribution in [2.24, 2.45) is 5.10 Å². The highest BCUT2D eigenvalue weighted by Gasteiger charge is 2.12. The SMILES string of the molecule is Cc1ccc(C(=O)N/N=C\c2cc([O-])ccc2[N+](=O)[O-])c(Cl)c1. The molecule has 1 amide bonds. The van der Waals surface area contributed by atoms with Gasteiger partial charge in [0.25, 0.3) is 11.6 Å². The smallest absolute Gasteiger partial charge is 0.278 e. The molecule has 0 aliphatic heterocycles. The molecule has 0 aromatic heterocycles. The van der Waals surface area contributed by atoms with Gasteiger partial charge < -0.3 is 5.11 Å². The van der Waals surface area contributed by atoms with Crippen molar-refractivity contribution in [3.05, 3.63) is 68.2 Å². The molecule has 0 saturated carbocycles. The fraction of sp³-hybridized carbons (Fsp3) is 0.0667. The molecule has 0 atom stereocenters. The Bertz CT molecular complexity index is 805. The van der Waals surface area contributed by atoms with Gasteiger partial charge in [-0.15, -0.1) is 5.75 Å². The Morgan fingerprint density at radius 1 is 1.30 bits per heavy atom. The zero-order valence-electron chi connectivity index (χ0n) is 11.9. The van der Waals surface area contributed by atoms with Crippen LogP contribution in [0.4, 0.5) is 5.69 Å². The van der Waals surface area contributed by atoms with Crippen LogP contribution in [0, 0.1) is 17.0 Å². The van der Waals surface area contributed by atoms with Crippen LogP contribution in [0.3, 0.4) is 0 Å². The van der Waals surface area contributed by atoms with Gasteiger partial charge in [0.2, 0.25) is 0 Å². The third-order valence-corrected chi connectivity index (χ3v) is 3.25. The van der Waals surface area contributed by atoms with Crippen LogP contribution in [0.1, 0.15) is 21.5 Å². The summed E-state index contributed by atoms with van der Waals surface area (Å²) >= 11 is 5.96. The minimum Gasteiger partial charge on any atom is -0.872 e. The van der Waals surface area contributed by atoms with Gasteiger partial charge in [-0.05, 0) is 24.6 Å². The first-order valence-corrected chi connectivity index (χ1v) is 6.81. The molecule has 118 valence electrons. The first-order chi connectivity index (χ1) is 10.9. The third kappa shape index (κ3) is 4.04. The number of amides is 1. The van der Waals surface area contributed by atoms with Crippen LogP contribution in [-0.4, -0.2) is 17.0 Å². The van der Waals surface area contributed by atoms with E-state index in [0.29, 0.717) is 0 Å². The van der Waals surface area contributed by atoms with E-state index in [-0.39, 0.29) is 21.8 Å². The first kappa shape index (κ1) is 16.4. The zero-order valence-corrected chi connectivity index (χ0v) is 12.7. The Morgan fingerprint density at radius 3 is 2.70 bits per heavy atom. The molecule has 23 heavy (non-hydrogen) atoms. The minimum absolute atomic E-state index is 0.00203. The number of nitro groups is 1. The monoisotopic (exact) mass is 332 g/mol. The number of hydrazone groups is 1. The summed E-state index contributed by atoms with van der Waals surface area (Å²) in [4.78, 5) is 22.2. The standard InChI is InChI=1S/C15H12ClN3O4/c1-9-2-4-12(13(16)6-9)15(21)18-17-8-10-7-11(20)3-5-14(10)19(22)23/h2-8,20H,1H3,(H,18,21)/p-1/b17-8-. The largest absolute Gasteiger partial charge is 0.872 e. The van der Waals surface area contributed by atoms with E-state index < -0.39 is 16.6 Å². The summed E-state index contributed by atoms with van der Waals surface area (Å²) in [6.45, 7) is 1.83. The summed E-state index contributed by atoms with van der Waals surface area (Å²) in [5.41, 5.74) is 3.06. The second-order valence-electron chi connectivity index (χ2n) is 4.66. The molecule has 0 bridgehead atoms. The van der Waals surface area contributed by atoms with E-state index in [4.69, 9.17) is 11.6 Å². The number of carbonyl (C=O) groups is 1. The highest BCUT2D eigenvalue weighted by molar-refractivity contribution is 6.33. The van der Waals surface area contributed by atoms with Crippen molar-refractivity contribution >= 4 is 29.4 Å². The van der Waals surface area contributed by atoms with E-state index in [1.54, 1.807) is 18.2 Å². The molecule has 0 fully saturated rings. The van der Waals surface area contributed by atoms with E-state index in [1.165, 1.54) is 0 Å². The maximum Gasteiger partial charge on any atom is 0.278 e. The minimum atomic E-state index is -0.639. The number of rotatable bonds is 4. The van der Waals surface area contributed by atoms with Crippen LogP contribution in [-0.2, 0) is 0 Å². The quantitative estimate of drug-likeness (QED) is 0.526. The normalized spacial score (nSPS) is 10.7. The number of hydrogen-bond donors (Lipinski definition) is 1. The van der Waals surface area contributed by atoms with Crippen molar-refractivity contribution in [1.82, 2.24) is 5.43 Å². The molecule has 1 N–H and O–H groups in total. The van der Waals surface area contributed by atoms with E-state index in [1.807, 2.05) is 6.92 Å². The van der Waals surface area contributed by atoms with Crippen LogP contribution < -0.4 is 10.5 Å². The van der Waals surface area contributed by atoms with E-state index in [2.05, 4.69) is 10.5 Å². The Balaban J connectivity index is 2.17. The highest BCUT2D eigenvalue weighted by Crippen LogP contribution is 2.20. The molecule has 2 aromatic carbocycles. The average Bonchev–Trinajstić information content (AvgIpc) is 2.46. The lowest BCUT2D eigenvalue weighted by molar-refractivity contribution is -0.385. The second kappa shape index (κ2) is 6.89. The molecular formula is C15H11ClN3O4-. The lowest BCUT2D eigenvalue weighted by Gasteiger charge is -2.06. The summed E-state index contributed by atoms with van der Waals surface area (Å²) in [5.74, 6) is -0.961. The molecule has 0 heterocycles. The lowest BCUT2D eigenvalue weighted by atomic mass is 10.1. The van der Waals surface area contributed by atoms with Crippen LogP contribution >= 0.6 is 11.6 Å². The molecule has 7 nitrogen and oxygen atoms in total. The van der Waals surface area contributed by atoms with Gasteiger partial charge in [0.1, 0.15) is 0 Å². The van der Waals surface area contributed by atoms with E-state index >= 15 is 0 Å². The number of nitrogens with zero attached hydrogens (tertiary/aromatic N) is 2. The van der Waals surface area contributed by atoms with Crippen molar-refractivity contribution in [2.75, 3.05) is 0 Å². The molecule has 0 aliphatic rings. The molecule has 8 heteroatoms. The number of carbonyl (C=O) groups excluding carboxylic acids is 1. The van der Waals surface area contributed by atoms with Gasteiger partial charge in [0.15, 0.2) is 0 Å². The van der Waals surface area contributed by atoms with Gasteiger partial charge in [0, 0.05) is 6.07 Å². The number of hydrogen-bond acceptors (Lipinski definition) is 5. The van der Waals surface area contributed by atoms with Crippen LogP contribution in [0.2, 0.25) is 5.02 Å². The average molecular weight is 333 g/mol. The predicted molar refractivity (Wildman–Crippen MR) is 83.8 cm³/mol. The summed E-state index contributed by atoms with van der Waals surface area (Å²) in [7, 11) is 0. The first-order valence-electron chi connectivity index (χ1n) is 6.43. The van der Waals surface area contributed by atoms with Gasteiger partial charge in [-0.1, -0.05) is 29.8 Å². The zero-order chi connectivity index (χ0) is 17.0. The van der Waals surface area contributed by atoms with Crippen molar-refractivity contribution < 1.29 is 14.8 Å². The Hall–Kier alpha value is -2.93. The van der Waals surface area contributed by atoms with Crippen molar-refractivity contribution in [3.8, 4) is 5.75 Å². The molecule has 0 saturated heterocycles. The van der Waals surface area contributed by atoms with Crippen molar-refractivity contribution in [2.45, 2.75) is 6.92 Å². The fourth-order valence-electron chi connectivity index (χ4n) is 1.83. The summed E-state index contributed by atoms with van der Waals surface area (Å²) in [6.07, 6.45) is 1.04. The van der Waals surface area contributed by atoms with Gasteiger partial charge in [-0.2, -0.15) is 5.10 Å². The van der Waals surface area contributed by atoms with Gasteiger partial charge in [0.05, 0.1) is 27.3 Å². The number of nitro benzene ring substituents is 1. The van der Waals surface area contributed by atoms with Crippen LogP contribution in [0.5, 0.6) is 5.75 Å². The summed E-state index contributed by atoms with van der Waals surface area (Å²) in [5, 5.41) is 26.0. The molecular weight excluding hydrogens is 322 g/mol. The third-order valence-electron chi connectivity index (χ3n) is 2.93. The molecule has 2 aromatic rings. The van der Waals surface area contributed by atoms with Crippen molar-refractivity contribution in [1.29, 1.82) is 0 Å².